The van der Waals surface area contributed by atoms with Crippen LogP contribution < -0.4 is 5.32 Å². The van der Waals surface area contributed by atoms with Crippen molar-refractivity contribution in [2.75, 3.05) is 7.05 Å². The average molecular weight is 391 g/mol. The lowest BCUT2D eigenvalue weighted by molar-refractivity contribution is 0.499. The van der Waals surface area contributed by atoms with Crippen LogP contribution in [0.25, 0.3) is 0 Å². The van der Waals surface area contributed by atoms with Gasteiger partial charge in [0.2, 0.25) is 0 Å². The van der Waals surface area contributed by atoms with E-state index in [4.69, 9.17) is 0 Å². The Labute approximate surface area is 134 Å². The smallest absolute Gasteiger partial charge is 0.0329 e. The van der Waals surface area contributed by atoms with Gasteiger partial charge in [-0.15, -0.1) is 0 Å². The molecule has 1 atom stereocenters. The molecule has 0 saturated heterocycles. The summed E-state index contributed by atoms with van der Waals surface area (Å²) in [6, 6.07) is 4.88. The lowest BCUT2D eigenvalue weighted by atomic mass is 9.99. The minimum atomic E-state index is 0.438. The van der Waals surface area contributed by atoms with Gasteiger partial charge in [-0.1, -0.05) is 70.9 Å². The molecule has 0 aliphatic rings. The lowest BCUT2D eigenvalue weighted by Gasteiger charge is -2.19. The zero-order chi connectivity index (χ0) is 14.3. The fourth-order valence-corrected chi connectivity index (χ4v) is 3.43. The molecule has 0 aromatic heterocycles. The normalized spacial score (nSPS) is 12.7. The Morgan fingerprint density at radius 2 is 1.74 bits per heavy atom. The average Bonchev–Trinajstić information content (AvgIpc) is 2.39. The van der Waals surface area contributed by atoms with Crippen molar-refractivity contribution in [3.05, 3.63) is 32.2 Å². The summed E-state index contributed by atoms with van der Waals surface area (Å²) < 4.78 is 2.40. The van der Waals surface area contributed by atoms with E-state index in [1.54, 1.807) is 0 Å². The van der Waals surface area contributed by atoms with Gasteiger partial charge in [0.1, 0.15) is 0 Å². The molecule has 1 N–H and O–H groups in total. The molecule has 0 aliphatic heterocycles. The first-order valence-corrected chi connectivity index (χ1v) is 8.81. The molecule has 0 spiro atoms. The number of unbranched alkanes of at least 4 members (excludes halogenated alkanes) is 4. The van der Waals surface area contributed by atoms with Crippen molar-refractivity contribution in [1.82, 2.24) is 5.32 Å². The van der Waals surface area contributed by atoms with Gasteiger partial charge in [-0.2, -0.15) is 0 Å². The minimum absolute atomic E-state index is 0.438. The molecule has 0 saturated carbocycles. The molecule has 19 heavy (non-hydrogen) atoms. The number of hydrogen-bond donors (Lipinski definition) is 1. The standard InChI is InChI=1S/C16H25Br2N/c1-4-5-6-7-8-9-16(19-3)13-11-14(17)12(2)10-15(13)18/h10-11,16,19H,4-9H2,1-3H3. The van der Waals surface area contributed by atoms with Crippen molar-refractivity contribution in [1.29, 1.82) is 0 Å². The Balaban J connectivity index is 2.61. The number of aryl methyl sites for hydroxylation is 1. The van der Waals surface area contributed by atoms with Gasteiger partial charge in [0.15, 0.2) is 0 Å². The van der Waals surface area contributed by atoms with Crippen LogP contribution in [0.3, 0.4) is 0 Å². The van der Waals surface area contributed by atoms with Crippen LogP contribution in [0.5, 0.6) is 0 Å². The van der Waals surface area contributed by atoms with Crippen LogP contribution in [0.1, 0.15) is 62.6 Å². The topological polar surface area (TPSA) is 12.0 Å². The minimum Gasteiger partial charge on any atom is -0.313 e. The van der Waals surface area contributed by atoms with E-state index in [1.807, 2.05) is 0 Å². The first kappa shape index (κ1) is 17.2. The highest BCUT2D eigenvalue weighted by atomic mass is 79.9. The van der Waals surface area contributed by atoms with Crippen LogP contribution in [0, 0.1) is 6.92 Å². The first-order valence-electron chi connectivity index (χ1n) is 7.23. The molecule has 1 aromatic carbocycles. The summed E-state index contributed by atoms with van der Waals surface area (Å²) in [6.45, 7) is 4.38. The van der Waals surface area contributed by atoms with Gasteiger partial charge < -0.3 is 5.32 Å². The molecule has 0 heterocycles. The maximum absolute atomic E-state index is 3.70. The summed E-state index contributed by atoms with van der Waals surface area (Å²) >= 11 is 7.33. The molecule has 1 unspecified atom stereocenters. The second-order valence-corrected chi connectivity index (χ2v) is 6.88. The van der Waals surface area contributed by atoms with Crippen molar-refractivity contribution >= 4 is 31.9 Å². The monoisotopic (exact) mass is 389 g/mol. The number of hydrogen-bond acceptors (Lipinski definition) is 1. The van der Waals surface area contributed by atoms with E-state index in [1.165, 1.54) is 58.6 Å². The van der Waals surface area contributed by atoms with E-state index >= 15 is 0 Å². The second kappa shape index (κ2) is 9.15. The quantitative estimate of drug-likeness (QED) is 0.525. The van der Waals surface area contributed by atoms with E-state index in [0.717, 1.165) is 0 Å². The summed E-state index contributed by atoms with van der Waals surface area (Å²) in [5.74, 6) is 0. The third-order valence-electron chi connectivity index (χ3n) is 3.60. The number of nitrogens with one attached hydrogen (secondary N) is 1. The van der Waals surface area contributed by atoms with Gasteiger partial charge in [-0.25, -0.2) is 0 Å². The van der Waals surface area contributed by atoms with Gasteiger partial charge in [0.05, 0.1) is 0 Å². The summed E-state index contributed by atoms with van der Waals surface area (Å²) in [5.41, 5.74) is 2.63. The van der Waals surface area contributed by atoms with Gasteiger partial charge in [0, 0.05) is 15.0 Å². The third kappa shape index (κ3) is 5.57. The molecule has 0 aliphatic carbocycles. The predicted molar refractivity (Wildman–Crippen MR) is 91.8 cm³/mol. The Hall–Kier alpha value is 0.140. The van der Waals surface area contributed by atoms with Crippen LogP contribution >= 0.6 is 31.9 Å². The number of halogens is 2. The van der Waals surface area contributed by atoms with Crippen LogP contribution in [0.2, 0.25) is 0 Å². The van der Waals surface area contributed by atoms with Crippen LogP contribution in [0.15, 0.2) is 21.1 Å². The van der Waals surface area contributed by atoms with Crippen LogP contribution in [-0.2, 0) is 0 Å². The zero-order valence-corrected chi connectivity index (χ0v) is 15.4. The first-order chi connectivity index (χ1) is 9.10. The van der Waals surface area contributed by atoms with Crippen molar-refractivity contribution in [2.24, 2.45) is 0 Å². The maximum atomic E-state index is 3.70. The number of benzene rings is 1. The summed E-state index contributed by atoms with van der Waals surface area (Å²) in [4.78, 5) is 0. The van der Waals surface area contributed by atoms with E-state index < -0.39 is 0 Å². The molecule has 3 heteroatoms. The summed E-state index contributed by atoms with van der Waals surface area (Å²) in [6.07, 6.45) is 7.88. The zero-order valence-electron chi connectivity index (χ0n) is 12.2. The predicted octanol–water partition coefficient (Wildman–Crippen LogP) is 6.14. The lowest BCUT2D eigenvalue weighted by Crippen LogP contribution is -2.17. The molecular formula is C16H25Br2N. The molecule has 108 valence electrons. The highest BCUT2D eigenvalue weighted by molar-refractivity contribution is 9.11. The highest BCUT2D eigenvalue weighted by Crippen LogP contribution is 2.32. The molecule has 1 rings (SSSR count). The summed E-state index contributed by atoms with van der Waals surface area (Å²) in [7, 11) is 2.05. The molecule has 0 fully saturated rings. The van der Waals surface area contributed by atoms with E-state index in [-0.39, 0.29) is 0 Å². The third-order valence-corrected chi connectivity index (χ3v) is 5.14. The van der Waals surface area contributed by atoms with Gasteiger partial charge in [0.25, 0.3) is 0 Å². The Kier molecular flexibility index (Phi) is 8.27. The largest absolute Gasteiger partial charge is 0.313 e. The van der Waals surface area contributed by atoms with Gasteiger partial charge in [-0.05, 0) is 43.7 Å². The Morgan fingerprint density at radius 1 is 1.05 bits per heavy atom. The maximum Gasteiger partial charge on any atom is 0.0329 e. The molecule has 0 radical (unpaired) electrons. The fourth-order valence-electron chi connectivity index (χ4n) is 2.34. The van der Waals surface area contributed by atoms with E-state index in [9.17, 15) is 0 Å². The Bertz CT molecular complexity index is 391. The second-order valence-electron chi connectivity index (χ2n) is 5.17. The molecular weight excluding hydrogens is 366 g/mol. The van der Waals surface area contributed by atoms with E-state index in [0.29, 0.717) is 6.04 Å². The van der Waals surface area contributed by atoms with E-state index in [2.05, 4.69) is 70.2 Å². The highest BCUT2D eigenvalue weighted by Gasteiger charge is 2.13. The Morgan fingerprint density at radius 3 is 2.37 bits per heavy atom. The molecule has 0 bridgehead atoms. The van der Waals surface area contributed by atoms with Gasteiger partial charge in [-0.3, -0.25) is 0 Å². The van der Waals surface area contributed by atoms with Crippen molar-refractivity contribution in [2.45, 2.75) is 58.4 Å². The summed E-state index contributed by atoms with van der Waals surface area (Å²) in [5, 5.41) is 3.45. The SMILES string of the molecule is CCCCCCCC(NC)c1cc(Br)c(C)cc1Br. The number of rotatable bonds is 8. The van der Waals surface area contributed by atoms with Crippen molar-refractivity contribution < 1.29 is 0 Å². The molecule has 1 aromatic rings. The van der Waals surface area contributed by atoms with Crippen molar-refractivity contribution in [3.63, 3.8) is 0 Å². The van der Waals surface area contributed by atoms with Crippen molar-refractivity contribution in [3.8, 4) is 0 Å². The van der Waals surface area contributed by atoms with Crippen LogP contribution in [-0.4, -0.2) is 7.05 Å². The fraction of sp³-hybridized carbons (Fsp3) is 0.625. The molecule has 0 amide bonds. The molecule has 1 nitrogen and oxygen atoms in total. The van der Waals surface area contributed by atoms with Crippen LogP contribution in [0.4, 0.5) is 0 Å². The van der Waals surface area contributed by atoms with Gasteiger partial charge >= 0.3 is 0 Å².